The van der Waals surface area contributed by atoms with E-state index in [2.05, 4.69) is 16.7 Å². The lowest BCUT2D eigenvalue weighted by molar-refractivity contribution is -0.121. The van der Waals surface area contributed by atoms with Crippen LogP contribution in [0.3, 0.4) is 0 Å². The molecule has 0 fully saturated rings. The Morgan fingerprint density at radius 1 is 1.38 bits per heavy atom. The summed E-state index contributed by atoms with van der Waals surface area (Å²) >= 11 is 6.23. The van der Waals surface area contributed by atoms with E-state index < -0.39 is 5.54 Å². The Morgan fingerprint density at radius 2 is 2.00 bits per heavy atom. The van der Waals surface area contributed by atoms with Crippen molar-refractivity contribution < 1.29 is 14.3 Å². The highest BCUT2D eigenvalue weighted by molar-refractivity contribution is 6.33. The fourth-order valence-electron chi connectivity index (χ4n) is 2.13. The molecular formula is C17H22ClN3O3. The van der Waals surface area contributed by atoms with Gasteiger partial charge in [0.1, 0.15) is 5.54 Å². The Labute approximate surface area is 147 Å². The van der Waals surface area contributed by atoms with Crippen molar-refractivity contribution in [3.8, 4) is 17.6 Å². The first-order chi connectivity index (χ1) is 11.4. The number of amides is 1. The van der Waals surface area contributed by atoms with E-state index in [4.69, 9.17) is 21.1 Å². The van der Waals surface area contributed by atoms with E-state index in [9.17, 15) is 10.1 Å². The molecule has 0 aliphatic carbocycles. The summed E-state index contributed by atoms with van der Waals surface area (Å²) in [7, 11) is 0. The van der Waals surface area contributed by atoms with Crippen LogP contribution >= 0.6 is 11.6 Å². The molecule has 0 aromatic heterocycles. The summed E-state index contributed by atoms with van der Waals surface area (Å²) in [6, 6.07) is 5.54. The van der Waals surface area contributed by atoms with Crippen molar-refractivity contribution in [3.63, 3.8) is 0 Å². The Morgan fingerprint density at radius 3 is 2.58 bits per heavy atom. The molecule has 1 unspecified atom stereocenters. The van der Waals surface area contributed by atoms with E-state index in [0.717, 1.165) is 6.42 Å². The summed E-state index contributed by atoms with van der Waals surface area (Å²) < 4.78 is 11.2. The average Bonchev–Trinajstić information content (AvgIpc) is 2.77. The van der Waals surface area contributed by atoms with Gasteiger partial charge in [0.05, 0.1) is 36.5 Å². The van der Waals surface area contributed by atoms with Gasteiger partial charge < -0.3 is 20.1 Å². The van der Waals surface area contributed by atoms with Crippen molar-refractivity contribution in [2.24, 2.45) is 5.92 Å². The monoisotopic (exact) mass is 351 g/mol. The maximum absolute atomic E-state index is 12.1. The van der Waals surface area contributed by atoms with Crippen LogP contribution in [0.5, 0.6) is 11.5 Å². The third kappa shape index (κ3) is 4.24. The van der Waals surface area contributed by atoms with Gasteiger partial charge in [-0.3, -0.25) is 4.79 Å². The van der Waals surface area contributed by atoms with E-state index in [1.807, 2.05) is 13.8 Å². The number of nitriles is 1. The van der Waals surface area contributed by atoms with Gasteiger partial charge in [0, 0.05) is 18.6 Å². The van der Waals surface area contributed by atoms with Crippen molar-refractivity contribution >= 4 is 23.2 Å². The molecule has 1 atom stereocenters. The Balaban J connectivity index is 2.03. The van der Waals surface area contributed by atoms with Crippen LogP contribution in [0.4, 0.5) is 5.69 Å². The molecule has 1 heterocycles. The predicted molar refractivity (Wildman–Crippen MR) is 92.5 cm³/mol. The van der Waals surface area contributed by atoms with E-state index in [1.54, 1.807) is 19.1 Å². The molecule has 0 spiro atoms. The van der Waals surface area contributed by atoms with Crippen molar-refractivity contribution in [1.82, 2.24) is 5.32 Å². The van der Waals surface area contributed by atoms with Crippen LogP contribution in [0, 0.1) is 17.2 Å². The minimum absolute atomic E-state index is 0.00333. The molecule has 0 radical (unpaired) electrons. The first kappa shape index (κ1) is 18.2. The number of nitrogens with zero attached hydrogens (tertiary/aromatic N) is 1. The molecule has 0 saturated carbocycles. The molecular weight excluding hydrogens is 330 g/mol. The predicted octanol–water partition coefficient (Wildman–Crippen LogP) is 2.97. The highest BCUT2D eigenvalue weighted by atomic mass is 35.5. The number of halogens is 1. The van der Waals surface area contributed by atoms with Gasteiger partial charge in [-0.25, -0.2) is 0 Å². The quantitative estimate of drug-likeness (QED) is 0.852. The molecule has 6 nitrogen and oxygen atoms in total. The van der Waals surface area contributed by atoms with Gasteiger partial charge in [0.25, 0.3) is 0 Å². The maximum atomic E-state index is 12.1. The van der Waals surface area contributed by atoms with Crippen molar-refractivity contribution in [1.29, 1.82) is 5.26 Å². The molecule has 7 heteroatoms. The molecule has 0 bridgehead atoms. The van der Waals surface area contributed by atoms with E-state index >= 15 is 0 Å². The topological polar surface area (TPSA) is 83.4 Å². The van der Waals surface area contributed by atoms with Gasteiger partial charge >= 0.3 is 0 Å². The highest BCUT2D eigenvalue weighted by Gasteiger charge is 2.29. The van der Waals surface area contributed by atoms with Crippen molar-refractivity contribution in [2.75, 3.05) is 25.1 Å². The van der Waals surface area contributed by atoms with Gasteiger partial charge in [0.2, 0.25) is 5.91 Å². The molecule has 2 N–H and O–H groups in total. The van der Waals surface area contributed by atoms with Crippen LogP contribution in [0.2, 0.25) is 5.02 Å². The molecule has 1 aliphatic heterocycles. The SMILES string of the molecule is CC(C)C(C)(C#N)NC(=O)CNc1cc2c(cc1Cl)OCCCO2. The van der Waals surface area contributed by atoms with Gasteiger partial charge in [-0.15, -0.1) is 0 Å². The van der Waals surface area contributed by atoms with Crippen LogP contribution in [-0.4, -0.2) is 31.2 Å². The second kappa shape index (κ2) is 7.63. The number of fused-ring (bicyclic) bond motifs is 1. The van der Waals surface area contributed by atoms with Crippen LogP contribution in [-0.2, 0) is 4.79 Å². The first-order valence-corrected chi connectivity index (χ1v) is 8.29. The van der Waals surface area contributed by atoms with Gasteiger partial charge in [-0.2, -0.15) is 5.26 Å². The van der Waals surface area contributed by atoms with Crippen molar-refractivity contribution in [2.45, 2.75) is 32.7 Å². The lowest BCUT2D eigenvalue weighted by Crippen LogP contribution is -2.50. The maximum Gasteiger partial charge on any atom is 0.240 e. The number of carbonyl (C=O) groups excluding carboxylic acids is 1. The zero-order valence-corrected chi connectivity index (χ0v) is 14.9. The number of ether oxygens (including phenoxy) is 2. The minimum Gasteiger partial charge on any atom is -0.490 e. The summed E-state index contributed by atoms with van der Waals surface area (Å²) in [6.45, 7) is 6.64. The Bertz CT molecular complexity index is 657. The number of rotatable bonds is 5. The summed E-state index contributed by atoms with van der Waals surface area (Å²) in [4.78, 5) is 12.1. The number of anilines is 1. The smallest absolute Gasteiger partial charge is 0.240 e. The molecule has 24 heavy (non-hydrogen) atoms. The normalized spacial score (nSPS) is 15.8. The minimum atomic E-state index is -0.909. The number of carbonyl (C=O) groups is 1. The Kier molecular flexibility index (Phi) is 5.79. The van der Waals surface area contributed by atoms with Crippen LogP contribution in [0.1, 0.15) is 27.2 Å². The largest absolute Gasteiger partial charge is 0.490 e. The summed E-state index contributed by atoms with van der Waals surface area (Å²) in [5.41, 5.74) is -0.327. The lowest BCUT2D eigenvalue weighted by atomic mass is 9.90. The molecule has 130 valence electrons. The second-order valence-corrected chi connectivity index (χ2v) is 6.61. The van der Waals surface area contributed by atoms with Crippen LogP contribution in [0.25, 0.3) is 0 Å². The molecule has 1 aromatic carbocycles. The van der Waals surface area contributed by atoms with Gasteiger partial charge in [0.15, 0.2) is 11.5 Å². The average molecular weight is 352 g/mol. The fourth-order valence-corrected chi connectivity index (χ4v) is 2.35. The number of nitrogens with one attached hydrogen (secondary N) is 2. The highest BCUT2D eigenvalue weighted by Crippen LogP contribution is 2.37. The van der Waals surface area contributed by atoms with E-state index in [-0.39, 0.29) is 18.4 Å². The number of benzene rings is 1. The zero-order valence-electron chi connectivity index (χ0n) is 14.1. The third-order valence-corrected chi connectivity index (χ3v) is 4.38. The van der Waals surface area contributed by atoms with E-state index in [0.29, 0.717) is 35.4 Å². The van der Waals surface area contributed by atoms with Crippen LogP contribution in [0.15, 0.2) is 12.1 Å². The van der Waals surface area contributed by atoms with Gasteiger partial charge in [-0.05, 0) is 12.8 Å². The lowest BCUT2D eigenvalue weighted by Gasteiger charge is -2.27. The molecule has 1 aromatic rings. The summed E-state index contributed by atoms with van der Waals surface area (Å²) in [5, 5.41) is 15.4. The summed E-state index contributed by atoms with van der Waals surface area (Å²) in [5.74, 6) is 0.914. The standard InChI is InChI=1S/C17H22ClN3O3/c1-11(2)17(3,10-19)21-16(22)9-20-13-8-15-14(7-12(13)18)23-5-4-6-24-15/h7-8,11,20H,4-6,9H2,1-3H3,(H,21,22). The zero-order chi connectivity index (χ0) is 17.7. The Hall–Kier alpha value is -2.13. The van der Waals surface area contributed by atoms with Crippen molar-refractivity contribution in [3.05, 3.63) is 17.2 Å². The fraction of sp³-hybridized carbons (Fsp3) is 0.529. The first-order valence-electron chi connectivity index (χ1n) is 7.91. The third-order valence-electron chi connectivity index (χ3n) is 4.06. The number of hydrogen-bond acceptors (Lipinski definition) is 5. The summed E-state index contributed by atoms with van der Waals surface area (Å²) in [6.07, 6.45) is 0.805. The van der Waals surface area contributed by atoms with E-state index in [1.165, 1.54) is 0 Å². The molecule has 2 rings (SSSR count). The molecule has 1 amide bonds. The number of hydrogen-bond donors (Lipinski definition) is 2. The molecule has 1 aliphatic rings. The van der Waals surface area contributed by atoms with Crippen LogP contribution < -0.4 is 20.1 Å². The molecule has 0 saturated heterocycles. The van der Waals surface area contributed by atoms with Gasteiger partial charge in [-0.1, -0.05) is 25.4 Å². The second-order valence-electron chi connectivity index (χ2n) is 6.20.